The normalized spacial score (nSPS) is 10.8. The number of hydrogen-bond acceptors (Lipinski definition) is 2. The summed E-state index contributed by atoms with van der Waals surface area (Å²) in [6.07, 6.45) is 7.25. The molecule has 1 aromatic rings. The van der Waals surface area contributed by atoms with Crippen molar-refractivity contribution in [3.05, 3.63) is 36.2 Å². The number of halogens is 1. The Hall–Kier alpha value is -1.51. The van der Waals surface area contributed by atoms with E-state index in [1.165, 1.54) is 0 Å². The number of unbranched alkanes of at least 4 members (excludes halogenated alkanes) is 1. The molecule has 1 rings (SSSR count). The van der Waals surface area contributed by atoms with E-state index in [1.54, 1.807) is 25.2 Å². The summed E-state index contributed by atoms with van der Waals surface area (Å²) in [4.78, 5) is 0. The molecule has 0 fully saturated rings. The third kappa shape index (κ3) is 4.47. The SMILES string of the molecule is CCC/C=C/CCOc1cccc(NC)c1F. The van der Waals surface area contributed by atoms with Crippen molar-refractivity contribution in [3.8, 4) is 5.75 Å². The van der Waals surface area contributed by atoms with Crippen LogP contribution >= 0.6 is 0 Å². The Kier molecular flexibility index (Phi) is 6.15. The summed E-state index contributed by atoms with van der Waals surface area (Å²) in [5, 5.41) is 2.78. The zero-order valence-electron chi connectivity index (χ0n) is 10.5. The molecule has 0 aliphatic carbocycles. The van der Waals surface area contributed by atoms with Gasteiger partial charge < -0.3 is 10.1 Å². The molecule has 17 heavy (non-hydrogen) atoms. The van der Waals surface area contributed by atoms with E-state index in [0.29, 0.717) is 18.0 Å². The highest BCUT2D eigenvalue weighted by Crippen LogP contribution is 2.23. The van der Waals surface area contributed by atoms with Crippen LogP contribution in [0.25, 0.3) is 0 Å². The number of benzene rings is 1. The lowest BCUT2D eigenvalue weighted by Crippen LogP contribution is -2.00. The lowest BCUT2D eigenvalue weighted by atomic mass is 10.2. The Labute approximate surface area is 102 Å². The molecule has 1 N–H and O–H groups in total. The molecule has 0 radical (unpaired) electrons. The highest BCUT2D eigenvalue weighted by molar-refractivity contribution is 5.49. The van der Waals surface area contributed by atoms with E-state index in [4.69, 9.17) is 4.74 Å². The van der Waals surface area contributed by atoms with Crippen LogP contribution in [-0.4, -0.2) is 13.7 Å². The molecule has 0 saturated heterocycles. The minimum atomic E-state index is -0.326. The molecule has 3 heteroatoms. The Bertz CT molecular complexity index is 363. The van der Waals surface area contributed by atoms with Crippen LogP contribution in [0.5, 0.6) is 5.75 Å². The Balaban J connectivity index is 2.41. The maximum atomic E-state index is 13.7. The zero-order valence-corrected chi connectivity index (χ0v) is 10.5. The average molecular weight is 237 g/mol. The standard InChI is InChI=1S/C14H20FNO/c1-3-4-5-6-7-11-17-13-10-8-9-12(16-2)14(13)15/h5-6,8-10,16H,3-4,7,11H2,1-2H3/b6-5+. The van der Waals surface area contributed by atoms with Gasteiger partial charge in [-0.3, -0.25) is 0 Å². The predicted molar refractivity (Wildman–Crippen MR) is 70.1 cm³/mol. The molecule has 0 unspecified atom stereocenters. The Morgan fingerprint density at radius 3 is 2.76 bits per heavy atom. The summed E-state index contributed by atoms with van der Waals surface area (Å²) >= 11 is 0. The molecule has 0 atom stereocenters. The highest BCUT2D eigenvalue weighted by atomic mass is 19.1. The summed E-state index contributed by atoms with van der Waals surface area (Å²) in [6.45, 7) is 2.64. The summed E-state index contributed by atoms with van der Waals surface area (Å²) in [7, 11) is 1.69. The minimum Gasteiger partial charge on any atom is -0.490 e. The van der Waals surface area contributed by atoms with Crippen molar-refractivity contribution >= 4 is 5.69 Å². The molecule has 0 spiro atoms. The van der Waals surface area contributed by atoms with E-state index in [1.807, 2.05) is 0 Å². The minimum absolute atomic E-state index is 0.306. The summed E-state index contributed by atoms with van der Waals surface area (Å²) in [5.74, 6) is -0.0201. The van der Waals surface area contributed by atoms with Gasteiger partial charge in [-0.1, -0.05) is 31.6 Å². The molecule has 0 amide bonds. The predicted octanol–water partition coefficient (Wildman–Crippen LogP) is 3.99. The molecule has 0 bridgehead atoms. The largest absolute Gasteiger partial charge is 0.490 e. The average Bonchev–Trinajstić information content (AvgIpc) is 2.35. The highest BCUT2D eigenvalue weighted by Gasteiger charge is 2.06. The third-order valence-electron chi connectivity index (χ3n) is 2.40. The van der Waals surface area contributed by atoms with E-state index in [-0.39, 0.29) is 5.82 Å². The first-order valence-electron chi connectivity index (χ1n) is 6.03. The van der Waals surface area contributed by atoms with E-state index in [2.05, 4.69) is 24.4 Å². The Morgan fingerprint density at radius 2 is 2.06 bits per heavy atom. The van der Waals surface area contributed by atoms with Gasteiger partial charge >= 0.3 is 0 Å². The zero-order chi connectivity index (χ0) is 12.5. The number of anilines is 1. The maximum absolute atomic E-state index is 13.7. The van der Waals surface area contributed by atoms with Crippen molar-refractivity contribution < 1.29 is 9.13 Å². The van der Waals surface area contributed by atoms with Gasteiger partial charge in [0.25, 0.3) is 0 Å². The lowest BCUT2D eigenvalue weighted by Gasteiger charge is -2.08. The lowest BCUT2D eigenvalue weighted by molar-refractivity contribution is 0.308. The molecule has 0 aromatic heterocycles. The monoisotopic (exact) mass is 237 g/mol. The van der Waals surface area contributed by atoms with Crippen LogP contribution in [0, 0.1) is 5.82 Å². The molecular weight excluding hydrogens is 217 g/mol. The fourth-order valence-corrected chi connectivity index (χ4v) is 1.45. The van der Waals surface area contributed by atoms with E-state index >= 15 is 0 Å². The van der Waals surface area contributed by atoms with Crippen LogP contribution in [0.4, 0.5) is 10.1 Å². The van der Waals surface area contributed by atoms with Crippen molar-refractivity contribution in [2.24, 2.45) is 0 Å². The number of rotatable bonds is 7. The van der Waals surface area contributed by atoms with Gasteiger partial charge in [0.15, 0.2) is 11.6 Å². The first kappa shape index (κ1) is 13.6. The first-order valence-corrected chi connectivity index (χ1v) is 6.03. The van der Waals surface area contributed by atoms with Crippen LogP contribution in [0.2, 0.25) is 0 Å². The van der Waals surface area contributed by atoms with Gasteiger partial charge in [-0.25, -0.2) is 4.39 Å². The molecule has 2 nitrogen and oxygen atoms in total. The van der Waals surface area contributed by atoms with Crippen molar-refractivity contribution in [1.29, 1.82) is 0 Å². The fraction of sp³-hybridized carbons (Fsp3) is 0.429. The first-order chi connectivity index (χ1) is 8.29. The van der Waals surface area contributed by atoms with Gasteiger partial charge in [0.2, 0.25) is 0 Å². The molecule has 94 valence electrons. The van der Waals surface area contributed by atoms with Crippen molar-refractivity contribution in [1.82, 2.24) is 0 Å². The van der Waals surface area contributed by atoms with Crippen molar-refractivity contribution in [2.75, 3.05) is 19.0 Å². The Morgan fingerprint density at radius 1 is 1.29 bits per heavy atom. The molecular formula is C14H20FNO. The van der Waals surface area contributed by atoms with Gasteiger partial charge in [0, 0.05) is 7.05 Å². The van der Waals surface area contributed by atoms with E-state index in [9.17, 15) is 4.39 Å². The summed E-state index contributed by atoms with van der Waals surface area (Å²) in [6, 6.07) is 5.10. The quantitative estimate of drug-likeness (QED) is 0.572. The summed E-state index contributed by atoms with van der Waals surface area (Å²) < 4.78 is 19.1. The van der Waals surface area contributed by atoms with Crippen LogP contribution in [0.1, 0.15) is 26.2 Å². The molecule has 0 saturated carbocycles. The molecule has 1 aromatic carbocycles. The van der Waals surface area contributed by atoms with Gasteiger partial charge in [-0.05, 0) is 25.0 Å². The second kappa shape index (κ2) is 7.71. The van der Waals surface area contributed by atoms with Crippen molar-refractivity contribution in [2.45, 2.75) is 26.2 Å². The smallest absolute Gasteiger partial charge is 0.188 e. The van der Waals surface area contributed by atoms with Gasteiger partial charge in [-0.15, -0.1) is 0 Å². The van der Waals surface area contributed by atoms with Crippen LogP contribution < -0.4 is 10.1 Å². The number of nitrogens with one attached hydrogen (secondary N) is 1. The number of allylic oxidation sites excluding steroid dienone is 1. The fourth-order valence-electron chi connectivity index (χ4n) is 1.45. The van der Waals surface area contributed by atoms with Gasteiger partial charge in [-0.2, -0.15) is 0 Å². The van der Waals surface area contributed by atoms with Crippen LogP contribution in [0.3, 0.4) is 0 Å². The number of ether oxygens (including phenoxy) is 1. The van der Waals surface area contributed by atoms with Gasteiger partial charge in [0.05, 0.1) is 12.3 Å². The van der Waals surface area contributed by atoms with E-state index < -0.39 is 0 Å². The third-order valence-corrected chi connectivity index (χ3v) is 2.40. The number of hydrogen-bond donors (Lipinski definition) is 1. The van der Waals surface area contributed by atoms with Crippen molar-refractivity contribution in [3.63, 3.8) is 0 Å². The molecule has 0 heterocycles. The second-order valence-corrected chi connectivity index (χ2v) is 3.76. The van der Waals surface area contributed by atoms with Crippen LogP contribution in [-0.2, 0) is 0 Å². The maximum Gasteiger partial charge on any atom is 0.188 e. The van der Waals surface area contributed by atoms with E-state index in [0.717, 1.165) is 19.3 Å². The second-order valence-electron chi connectivity index (χ2n) is 3.76. The molecule has 0 aliphatic heterocycles. The topological polar surface area (TPSA) is 21.3 Å². The van der Waals surface area contributed by atoms with Crippen LogP contribution in [0.15, 0.2) is 30.4 Å². The molecule has 0 aliphatic rings. The van der Waals surface area contributed by atoms with Gasteiger partial charge in [0.1, 0.15) is 0 Å². The summed E-state index contributed by atoms with van der Waals surface area (Å²) in [5.41, 5.74) is 0.462.